The van der Waals surface area contributed by atoms with Crippen molar-refractivity contribution in [1.82, 2.24) is 4.57 Å². The number of carboxylic acids is 1. The lowest BCUT2D eigenvalue weighted by Gasteiger charge is -2.25. The van der Waals surface area contributed by atoms with E-state index in [1.54, 1.807) is 0 Å². The van der Waals surface area contributed by atoms with Gasteiger partial charge in [0, 0.05) is 30.7 Å². The van der Waals surface area contributed by atoms with Crippen molar-refractivity contribution >= 4 is 46.4 Å². The van der Waals surface area contributed by atoms with Crippen LogP contribution in [0, 0.1) is 17.0 Å². The highest BCUT2D eigenvalue weighted by atomic mass is 35.5. The van der Waals surface area contributed by atoms with Gasteiger partial charge in [0.15, 0.2) is 11.6 Å². The summed E-state index contributed by atoms with van der Waals surface area (Å²) in [6, 6.07) is -0.198. The molecule has 1 aliphatic carbocycles. The largest absolute Gasteiger partial charge is 0.477 e. The van der Waals surface area contributed by atoms with Crippen LogP contribution >= 0.6 is 12.4 Å². The quantitative estimate of drug-likeness (QED) is 0.231. The van der Waals surface area contributed by atoms with Crippen molar-refractivity contribution in [3.8, 4) is 0 Å². The van der Waals surface area contributed by atoms with Crippen molar-refractivity contribution in [3.05, 3.63) is 46.3 Å². The highest BCUT2D eigenvalue weighted by Gasteiger charge is 2.43. The molecule has 1 atom stereocenters. The molecular formula is C22H26ClF2N5O4. The lowest BCUT2D eigenvalue weighted by Crippen LogP contribution is -2.36. The van der Waals surface area contributed by atoms with Crippen LogP contribution in [-0.4, -0.2) is 47.6 Å². The summed E-state index contributed by atoms with van der Waals surface area (Å²) in [5, 5.41) is 13.0. The number of nitrogen functional groups attached to an aromatic ring is 1. The zero-order chi connectivity index (χ0) is 24.1. The first-order chi connectivity index (χ1) is 15.6. The van der Waals surface area contributed by atoms with E-state index in [0.717, 1.165) is 6.20 Å². The first kappa shape index (κ1) is 25.4. The number of halogens is 3. The van der Waals surface area contributed by atoms with Gasteiger partial charge in [-0.3, -0.25) is 4.79 Å². The lowest BCUT2D eigenvalue weighted by molar-refractivity contribution is 0.0695. The number of hydrogen-bond donors (Lipinski definition) is 3. The highest BCUT2D eigenvalue weighted by Crippen LogP contribution is 2.43. The molecule has 2 heterocycles. The Labute approximate surface area is 200 Å². The average Bonchev–Trinajstić information content (AvgIpc) is 3.56. The Hall–Kier alpha value is -3.18. The average molecular weight is 498 g/mol. The predicted octanol–water partition coefficient (Wildman–Crippen LogP) is 2.66. The summed E-state index contributed by atoms with van der Waals surface area (Å²) in [6.07, 6.45) is 3.98. The number of nitrogens with two attached hydrogens (primary N) is 2. The van der Waals surface area contributed by atoms with Crippen LogP contribution in [0.2, 0.25) is 0 Å². The Bertz CT molecular complexity index is 1260. The smallest absolute Gasteiger partial charge is 0.341 e. The Kier molecular flexibility index (Phi) is 6.90. The second kappa shape index (κ2) is 9.22. The number of nitrogens with zero attached hydrogens (tertiary/aromatic N) is 3. The van der Waals surface area contributed by atoms with E-state index < -0.39 is 50.8 Å². The van der Waals surface area contributed by atoms with Crippen LogP contribution in [0.15, 0.2) is 28.8 Å². The van der Waals surface area contributed by atoms with E-state index in [-0.39, 0.29) is 50.2 Å². The van der Waals surface area contributed by atoms with Crippen LogP contribution in [0.3, 0.4) is 0 Å². The van der Waals surface area contributed by atoms with Crippen molar-refractivity contribution in [2.75, 3.05) is 36.9 Å². The molecule has 4 rings (SSSR count). The molecular weight excluding hydrogens is 472 g/mol. The van der Waals surface area contributed by atoms with Crippen LogP contribution in [0.4, 0.5) is 20.2 Å². The highest BCUT2D eigenvalue weighted by molar-refractivity contribution is 6.02. The van der Waals surface area contributed by atoms with Gasteiger partial charge in [-0.05, 0) is 12.8 Å². The molecule has 9 nitrogen and oxygen atoms in total. The fraction of sp³-hybridized carbons (Fsp3) is 0.409. The normalized spacial score (nSPS) is 21.1. The van der Waals surface area contributed by atoms with Gasteiger partial charge in [0.1, 0.15) is 17.9 Å². The standard InChI is InChI=1S/C22H25F2N5O4.ClH/c1-3-6-33-27-13-8-28(10-22(13,2)9-25)19-15(23)17(26)14-18(16(19)24)29(11-4-5-11)7-12(20(14)30)21(31)32;/h3,7,11H,1,4-6,8-10,25-26H2,2H3,(H,31,32);1H/b27-13-;. The summed E-state index contributed by atoms with van der Waals surface area (Å²) in [7, 11) is 0. The van der Waals surface area contributed by atoms with Crippen LogP contribution in [0.5, 0.6) is 0 Å². The van der Waals surface area contributed by atoms with Crippen LogP contribution in [0.1, 0.15) is 36.2 Å². The molecule has 184 valence electrons. The van der Waals surface area contributed by atoms with E-state index in [4.69, 9.17) is 16.3 Å². The van der Waals surface area contributed by atoms with E-state index in [1.807, 2.05) is 6.92 Å². The van der Waals surface area contributed by atoms with Gasteiger partial charge in [-0.1, -0.05) is 24.7 Å². The Morgan fingerprint density at radius 1 is 1.41 bits per heavy atom. The zero-order valence-corrected chi connectivity index (χ0v) is 19.3. The number of rotatable bonds is 7. The molecule has 2 aliphatic rings. The Balaban J connectivity index is 0.00000324. The summed E-state index contributed by atoms with van der Waals surface area (Å²) >= 11 is 0. The third-order valence-electron chi connectivity index (χ3n) is 6.25. The maximum absolute atomic E-state index is 16.0. The zero-order valence-electron chi connectivity index (χ0n) is 18.5. The molecule has 34 heavy (non-hydrogen) atoms. The molecule has 0 radical (unpaired) electrons. The molecule has 1 saturated carbocycles. The monoisotopic (exact) mass is 497 g/mol. The number of anilines is 2. The molecule has 0 amide bonds. The minimum atomic E-state index is -1.49. The summed E-state index contributed by atoms with van der Waals surface area (Å²) in [4.78, 5) is 31.0. The van der Waals surface area contributed by atoms with Gasteiger partial charge in [0.2, 0.25) is 5.43 Å². The second-order valence-electron chi connectivity index (χ2n) is 8.67. The maximum atomic E-state index is 16.0. The maximum Gasteiger partial charge on any atom is 0.341 e. The molecule has 1 unspecified atom stereocenters. The molecule has 0 bridgehead atoms. The topological polar surface area (TPSA) is 136 Å². The molecule has 2 fully saturated rings. The summed E-state index contributed by atoms with van der Waals surface area (Å²) < 4.78 is 32.8. The molecule has 0 spiro atoms. The molecule has 1 aromatic carbocycles. The van der Waals surface area contributed by atoms with Gasteiger partial charge in [0.05, 0.1) is 28.8 Å². The number of aromatic nitrogens is 1. The predicted molar refractivity (Wildman–Crippen MR) is 128 cm³/mol. The number of pyridine rings is 1. The van der Waals surface area contributed by atoms with Crippen molar-refractivity contribution in [2.45, 2.75) is 25.8 Å². The van der Waals surface area contributed by atoms with Crippen LogP contribution < -0.4 is 21.8 Å². The number of aromatic carboxylic acids is 1. The van der Waals surface area contributed by atoms with E-state index in [9.17, 15) is 14.7 Å². The van der Waals surface area contributed by atoms with E-state index in [1.165, 1.54) is 15.5 Å². The number of fused-ring (bicyclic) bond motifs is 1. The number of oxime groups is 1. The SMILES string of the molecule is C=CCO/N=C1/CN(c2c(F)c(N)c3c(=O)c(C(=O)O)cn(C4CC4)c3c2F)CC1(C)CN.Cl. The minimum absolute atomic E-state index is 0. The molecule has 2 aromatic rings. The van der Waals surface area contributed by atoms with Crippen molar-refractivity contribution in [1.29, 1.82) is 0 Å². The number of hydrogen-bond acceptors (Lipinski definition) is 7. The summed E-state index contributed by atoms with van der Waals surface area (Å²) in [5.41, 5.74) is 8.90. The van der Waals surface area contributed by atoms with Gasteiger partial charge in [-0.15, -0.1) is 12.4 Å². The number of carboxylic acid groups (broad SMARTS) is 1. The van der Waals surface area contributed by atoms with Gasteiger partial charge in [-0.25, -0.2) is 13.6 Å². The van der Waals surface area contributed by atoms with Gasteiger partial charge >= 0.3 is 5.97 Å². The molecule has 1 aromatic heterocycles. The van der Waals surface area contributed by atoms with E-state index in [2.05, 4.69) is 11.7 Å². The van der Waals surface area contributed by atoms with Crippen molar-refractivity contribution < 1.29 is 23.5 Å². The minimum Gasteiger partial charge on any atom is -0.477 e. The second-order valence-corrected chi connectivity index (χ2v) is 8.67. The molecule has 1 saturated heterocycles. The van der Waals surface area contributed by atoms with Gasteiger partial charge in [-0.2, -0.15) is 0 Å². The Morgan fingerprint density at radius 2 is 2.09 bits per heavy atom. The number of carbonyl (C=O) groups is 1. The molecule has 5 N–H and O–H groups in total. The summed E-state index contributed by atoms with van der Waals surface area (Å²) in [5.74, 6) is -3.60. The Morgan fingerprint density at radius 3 is 2.65 bits per heavy atom. The fourth-order valence-corrected chi connectivity index (χ4v) is 4.21. The third-order valence-corrected chi connectivity index (χ3v) is 6.25. The molecule has 1 aliphatic heterocycles. The number of benzene rings is 1. The van der Waals surface area contributed by atoms with Crippen molar-refractivity contribution in [3.63, 3.8) is 0 Å². The van der Waals surface area contributed by atoms with E-state index >= 15 is 8.78 Å². The first-order valence-corrected chi connectivity index (χ1v) is 10.5. The van der Waals surface area contributed by atoms with Gasteiger partial charge < -0.3 is 30.9 Å². The van der Waals surface area contributed by atoms with E-state index in [0.29, 0.717) is 18.6 Å². The summed E-state index contributed by atoms with van der Waals surface area (Å²) in [6.45, 7) is 5.84. The fourth-order valence-electron chi connectivity index (χ4n) is 4.21. The van der Waals surface area contributed by atoms with Crippen molar-refractivity contribution in [2.24, 2.45) is 16.3 Å². The third kappa shape index (κ3) is 3.98. The first-order valence-electron chi connectivity index (χ1n) is 10.5. The van der Waals surface area contributed by atoms with Gasteiger partial charge in [0.25, 0.3) is 0 Å². The lowest BCUT2D eigenvalue weighted by atomic mass is 9.88. The van der Waals surface area contributed by atoms with Crippen LogP contribution in [0.25, 0.3) is 10.9 Å². The van der Waals surface area contributed by atoms with Crippen LogP contribution in [-0.2, 0) is 4.84 Å². The molecule has 12 heteroatoms.